The quantitative estimate of drug-likeness (QED) is 0.659. The molecule has 1 aromatic rings. The van der Waals surface area contributed by atoms with Gasteiger partial charge < -0.3 is 5.11 Å². The summed E-state index contributed by atoms with van der Waals surface area (Å²) in [6.45, 7) is 3.17. The number of hydrogen-bond acceptors (Lipinski definition) is 5. The molecular formula is C14H18N2O6S. The first-order valence-corrected chi connectivity index (χ1v) is 8.60. The Kier molecular flexibility index (Phi) is 4.71. The lowest BCUT2D eigenvalue weighted by Gasteiger charge is -2.32. The molecule has 126 valence electrons. The van der Waals surface area contributed by atoms with Gasteiger partial charge >= 0.3 is 5.97 Å². The van der Waals surface area contributed by atoms with Gasteiger partial charge in [-0.25, -0.2) is 8.42 Å². The predicted molar refractivity (Wildman–Crippen MR) is 81.7 cm³/mol. The van der Waals surface area contributed by atoms with E-state index in [1.54, 1.807) is 6.92 Å². The van der Waals surface area contributed by atoms with Gasteiger partial charge in [-0.15, -0.1) is 0 Å². The van der Waals surface area contributed by atoms with Gasteiger partial charge in [-0.05, 0) is 44.7 Å². The minimum absolute atomic E-state index is 0.0976. The van der Waals surface area contributed by atoms with Crippen LogP contribution in [0.5, 0.6) is 0 Å². The van der Waals surface area contributed by atoms with Crippen LogP contribution < -0.4 is 0 Å². The molecule has 0 aromatic heterocycles. The van der Waals surface area contributed by atoms with Crippen molar-refractivity contribution in [3.05, 3.63) is 33.4 Å². The molecule has 0 amide bonds. The third-order valence-electron chi connectivity index (χ3n) is 4.02. The standard InChI is InChI=1S/C14H18N2O6S/c1-9-7-10(2)13(8-12(9)16(19)20)23(21,22)15-6-4-3-5-11(15)14(17)18/h7-8,11H,3-6H2,1-2H3,(H,17,18). The van der Waals surface area contributed by atoms with Crippen molar-refractivity contribution in [2.45, 2.75) is 44.0 Å². The van der Waals surface area contributed by atoms with E-state index >= 15 is 0 Å². The Morgan fingerprint density at radius 2 is 1.96 bits per heavy atom. The van der Waals surface area contributed by atoms with E-state index in [9.17, 15) is 28.4 Å². The zero-order chi connectivity index (χ0) is 17.4. The SMILES string of the molecule is Cc1cc(C)c(S(=O)(=O)N2CCCCC2C(=O)O)cc1[N+](=O)[O-]. The molecular weight excluding hydrogens is 324 g/mol. The molecule has 0 bridgehead atoms. The number of nitro benzene ring substituents is 1. The highest BCUT2D eigenvalue weighted by Gasteiger charge is 2.39. The van der Waals surface area contributed by atoms with E-state index in [1.807, 2.05) is 0 Å². The second kappa shape index (κ2) is 6.25. The molecule has 23 heavy (non-hydrogen) atoms. The van der Waals surface area contributed by atoms with E-state index in [1.165, 1.54) is 13.0 Å². The van der Waals surface area contributed by atoms with Crippen LogP contribution in [0.15, 0.2) is 17.0 Å². The first-order valence-electron chi connectivity index (χ1n) is 7.16. The predicted octanol–water partition coefficient (Wildman–Crippen LogP) is 1.84. The first-order chi connectivity index (χ1) is 10.7. The van der Waals surface area contributed by atoms with Gasteiger partial charge in [-0.3, -0.25) is 14.9 Å². The molecule has 1 aromatic carbocycles. The Balaban J connectivity index is 2.57. The van der Waals surface area contributed by atoms with Crippen LogP contribution in [-0.4, -0.2) is 41.3 Å². The maximum Gasteiger partial charge on any atom is 0.322 e. The number of carbonyl (C=O) groups is 1. The summed E-state index contributed by atoms with van der Waals surface area (Å²) < 4.78 is 26.6. The molecule has 1 aliphatic rings. The van der Waals surface area contributed by atoms with Gasteiger partial charge in [0.25, 0.3) is 5.69 Å². The summed E-state index contributed by atoms with van der Waals surface area (Å²) in [5, 5.41) is 20.3. The number of aliphatic carboxylic acids is 1. The monoisotopic (exact) mass is 342 g/mol. The molecule has 1 N–H and O–H groups in total. The highest BCUT2D eigenvalue weighted by Crippen LogP contribution is 2.31. The fourth-order valence-electron chi connectivity index (χ4n) is 2.86. The van der Waals surface area contributed by atoms with Gasteiger partial charge in [0.15, 0.2) is 0 Å². The van der Waals surface area contributed by atoms with E-state index in [0.29, 0.717) is 24.0 Å². The molecule has 1 unspecified atom stereocenters. The average Bonchev–Trinajstić information content (AvgIpc) is 2.46. The number of piperidine rings is 1. The van der Waals surface area contributed by atoms with Gasteiger partial charge in [0.1, 0.15) is 6.04 Å². The van der Waals surface area contributed by atoms with Crippen LogP contribution in [0.4, 0.5) is 5.69 Å². The number of carboxylic acids is 1. The van der Waals surface area contributed by atoms with Crippen molar-refractivity contribution in [3.63, 3.8) is 0 Å². The van der Waals surface area contributed by atoms with E-state index in [0.717, 1.165) is 10.4 Å². The number of hydrogen-bond donors (Lipinski definition) is 1. The lowest BCUT2D eigenvalue weighted by Crippen LogP contribution is -2.48. The van der Waals surface area contributed by atoms with Crippen molar-refractivity contribution in [2.24, 2.45) is 0 Å². The Hall–Kier alpha value is -2.00. The molecule has 1 fully saturated rings. The first kappa shape index (κ1) is 17.4. The minimum atomic E-state index is -4.11. The Bertz CT molecular complexity index is 759. The number of sulfonamides is 1. The maximum atomic E-state index is 12.8. The highest BCUT2D eigenvalue weighted by atomic mass is 32.2. The molecule has 8 nitrogen and oxygen atoms in total. The average molecular weight is 342 g/mol. The van der Waals surface area contributed by atoms with Gasteiger partial charge in [-0.2, -0.15) is 4.31 Å². The number of carboxylic acid groups (broad SMARTS) is 1. The molecule has 9 heteroatoms. The number of nitrogens with zero attached hydrogens (tertiary/aromatic N) is 2. The van der Waals surface area contributed by atoms with Crippen molar-refractivity contribution in [3.8, 4) is 0 Å². The van der Waals surface area contributed by atoms with Crippen LogP contribution >= 0.6 is 0 Å². The molecule has 0 spiro atoms. The summed E-state index contributed by atoms with van der Waals surface area (Å²) in [6.07, 6.45) is 1.44. The zero-order valence-electron chi connectivity index (χ0n) is 12.9. The van der Waals surface area contributed by atoms with Gasteiger partial charge in [-0.1, -0.05) is 0 Å². The largest absolute Gasteiger partial charge is 0.480 e. The van der Waals surface area contributed by atoms with Crippen LogP contribution in [0.25, 0.3) is 0 Å². The number of nitro groups is 1. The second-order valence-corrected chi connectivity index (χ2v) is 7.49. The van der Waals surface area contributed by atoms with Crippen molar-refractivity contribution in [1.29, 1.82) is 0 Å². The Morgan fingerprint density at radius 1 is 1.30 bits per heavy atom. The van der Waals surface area contributed by atoms with E-state index in [2.05, 4.69) is 0 Å². The smallest absolute Gasteiger partial charge is 0.322 e. The van der Waals surface area contributed by atoms with Crippen molar-refractivity contribution in [1.82, 2.24) is 4.31 Å². The number of aryl methyl sites for hydroxylation is 2. The van der Waals surface area contributed by atoms with Gasteiger partial charge in [0.2, 0.25) is 10.0 Å². The number of rotatable bonds is 4. The lowest BCUT2D eigenvalue weighted by molar-refractivity contribution is -0.385. The van der Waals surface area contributed by atoms with Gasteiger partial charge in [0.05, 0.1) is 9.82 Å². The van der Waals surface area contributed by atoms with Crippen LogP contribution in [0.2, 0.25) is 0 Å². The van der Waals surface area contributed by atoms with E-state index in [4.69, 9.17) is 0 Å². The molecule has 1 atom stereocenters. The second-order valence-electron chi connectivity index (χ2n) is 5.63. The highest BCUT2D eigenvalue weighted by molar-refractivity contribution is 7.89. The van der Waals surface area contributed by atoms with E-state index in [-0.39, 0.29) is 23.5 Å². The summed E-state index contributed by atoms with van der Waals surface area (Å²) in [6, 6.07) is 1.33. The zero-order valence-corrected chi connectivity index (χ0v) is 13.7. The molecule has 0 aliphatic carbocycles. The lowest BCUT2D eigenvalue weighted by atomic mass is 10.1. The topological polar surface area (TPSA) is 118 Å². The molecule has 0 radical (unpaired) electrons. The fraction of sp³-hybridized carbons (Fsp3) is 0.500. The summed E-state index contributed by atoms with van der Waals surface area (Å²) in [5.41, 5.74) is 0.431. The van der Waals surface area contributed by atoms with Crippen LogP contribution in [-0.2, 0) is 14.8 Å². The van der Waals surface area contributed by atoms with Crippen LogP contribution in [0, 0.1) is 24.0 Å². The summed E-state index contributed by atoms with van der Waals surface area (Å²) >= 11 is 0. The minimum Gasteiger partial charge on any atom is -0.480 e. The summed E-state index contributed by atoms with van der Waals surface area (Å²) in [7, 11) is -4.11. The molecule has 2 rings (SSSR count). The van der Waals surface area contributed by atoms with Crippen molar-refractivity contribution < 1.29 is 23.2 Å². The van der Waals surface area contributed by atoms with Crippen LogP contribution in [0.1, 0.15) is 30.4 Å². The summed E-state index contributed by atoms with van der Waals surface area (Å²) in [5.74, 6) is -1.20. The Labute approximate surface area is 133 Å². The molecule has 1 heterocycles. The third-order valence-corrected chi connectivity index (χ3v) is 6.07. The normalized spacial score (nSPS) is 19.5. The van der Waals surface area contributed by atoms with Gasteiger partial charge in [0, 0.05) is 18.2 Å². The fourth-order valence-corrected chi connectivity index (χ4v) is 4.74. The Morgan fingerprint density at radius 3 is 2.52 bits per heavy atom. The molecule has 0 saturated carbocycles. The van der Waals surface area contributed by atoms with Crippen molar-refractivity contribution >= 4 is 21.7 Å². The van der Waals surface area contributed by atoms with Crippen molar-refractivity contribution in [2.75, 3.05) is 6.54 Å². The number of benzene rings is 1. The molecule has 1 aliphatic heterocycles. The third kappa shape index (κ3) is 3.20. The molecule has 1 saturated heterocycles. The maximum absolute atomic E-state index is 12.8. The van der Waals surface area contributed by atoms with Crippen LogP contribution in [0.3, 0.4) is 0 Å². The van der Waals surface area contributed by atoms with E-state index < -0.39 is 27.0 Å². The summed E-state index contributed by atoms with van der Waals surface area (Å²) in [4.78, 5) is 21.6.